The van der Waals surface area contributed by atoms with Gasteiger partial charge in [-0.25, -0.2) is 0 Å². The van der Waals surface area contributed by atoms with Crippen LogP contribution in [-0.4, -0.2) is 19.2 Å². The minimum absolute atomic E-state index is 0.0566. The fourth-order valence-corrected chi connectivity index (χ4v) is 2.71. The van der Waals surface area contributed by atoms with E-state index >= 15 is 0 Å². The van der Waals surface area contributed by atoms with Gasteiger partial charge in [0.2, 0.25) is 0 Å². The molecule has 0 amide bonds. The zero-order valence-corrected chi connectivity index (χ0v) is 16.4. The van der Waals surface area contributed by atoms with Gasteiger partial charge in [-0.15, -0.1) is 0 Å². The molecule has 0 aliphatic heterocycles. The van der Waals surface area contributed by atoms with Crippen LogP contribution in [0.5, 0.6) is 0 Å². The topological polar surface area (TPSA) is 9.23 Å². The second-order valence-electron chi connectivity index (χ2n) is 7.01. The van der Waals surface area contributed by atoms with E-state index in [0.29, 0.717) is 6.61 Å². The highest BCUT2D eigenvalue weighted by molar-refractivity contribution is 9.10. The summed E-state index contributed by atoms with van der Waals surface area (Å²) in [6.45, 7) is 16.2. The second-order valence-corrected chi connectivity index (χ2v) is 13.6. The lowest BCUT2D eigenvalue weighted by molar-refractivity contribution is 0.334. The van der Waals surface area contributed by atoms with Gasteiger partial charge in [0.1, 0.15) is 0 Å². The van der Waals surface area contributed by atoms with E-state index in [4.69, 9.17) is 4.43 Å². The van der Waals surface area contributed by atoms with Gasteiger partial charge in [-0.3, -0.25) is 0 Å². The van der Waals surface area contributed by atoms with Crippen LogP contribution in [0.15, 0.2) is 0 Å². The van der Waals surface area contributed by atoms with E-state index in [1.54, 1.807) is 0 Å². The maximum absolute atomic E-state index is 6.06. The highest BCUT2D eigenvalue weighted by Crippen LogP contribution is 2.36. The van der Waals surface area contributed by atoms with Crippen molar-refractivity contribution in [3.05, 3.63) is 0 Å². The van der Waals surface area contributed by atoms with Crippen LogP contribution in [0.3, 0.4) is 0 Å². The summed E-state index contributed by atoms with van der Waals surface area (Å²) in [7, 11) is -1.65. The monoisotopic (exact) mass is 346 g/mol. The van der Waals surface area contributed by atoms with Crippen molar-refractivity contribution < 1.29 is 4.43 Å². The summed E-state index contributed by atoms with van der Waals surface area (Å²) in [4.78, 5) is 0. The minimum Gasteiger partial charge on any atom is -0.406 e. The van der Waals surface area contributed by atoms with Gasteiger partial charge in [0, 0.05) is 0 Å². The van der Waals surface area contributed by atoms with Gasteiger partial charge < -0.3 is 4.43 Å². The molecule has 19 heavy (non-hydrogen) atoms. The second kappa shape index (κ2) is 7.86. The van der Waals surface area contributed by atoms with Gasteiger partial charge in [0.25, 0.3) is 0 Å². The standard InChI is InChI=1S/C16H31BrOSi/c1-8-9-10-12-16(5,17)13-11-14-18-19(6,7)15(2,3)4/h8-10,12,14H2,1-7H3. The molecule has 0 aromatic carbocycles. The lowest BCUT2D eigenvalue weighted by Crippen LogP contribution is -2.40. The van der Waals surface area contributed by atoms with Crippen LogP contribution in [-0.2, 0) is 4.43 Å². The molecule has 0 saturated carbocycles. The summed E-state index contributed by atoms with van der Waals surface area (Å²) in [5.41, 5.74) is 0. The molecule has 0 heterocycles. The zero-order chi connectivity index (χ0) is 15.2. The molecule has 0 bridgehead atoms. The van der Waals surface area contributed by atoms with Crippen molar-refractivity contribution in [3.63, 3.8) is 0 Å². The third-order valence-corrected chi connectivity index (χ3v) is 8.98. The van der Waals surface area contributed by atoms with Gasteiger partial charge >= 0.3 is 0 Å². The first-order valence-corrected chi connectivity index (χ1v) is 11.0. The number of halogens is 1. The van der Waals surface area contributed by atoms with E-state index < -0.39 is 8.32 Å². The Bertz CT molecular complexity index is 318. The Labute approximate surface area is 130 Å². The zero-order valence-electron chi connectivity index (χ0n) is 13.8. The van der Waals surface area contributed by atoms with Crippen molar-refractivity contribution in [2.75, 3.05) is 6.61 Å². The molecular weight excluding hydrogens is 316 g/mol. The third-order valence-electron chi connectivity index (χ3n) is 3.91. The molecule has 0 radical (unpaired) electrons. The molecule has 1 atom stereocenters. The Morgan fingerprint density at radius 2 is 1.68 bits per heavy atom. The van der Waals surface area contributed by atoms with E-state index in [2.05, 4.69) is 75.5 Å². The van der Waals surface area contributed by atoms with Crippen molar-refractivity contribution in [2.45, 2.75) is 82.8 Å². The first kappa shape index (κ1) is 19.2. The van der Waals surface area contributed by atoms with Crippen molar-refractivity contribution in [3.8, 4) is 11.8 Å². The first-order valence-electron chi connectivity index (χ1n) is 7.35. The fourth-order valence-electron chi connectivity index (χ4n) is 1.42. The number of alkyl halides is 1. The van der Waals surface area contributed by atoms with Gasteiger partial charge in [-0.1, -0.05) is 74.7 Å². The molecule has 0 aromatic heterocycles. The summed E-state index contributed by atoms with van der Waals surface area (Å²) < 4.78 is 6.00. The molecule has 0 aliphatic carbocycles. The van der Waals surface area contributed by atoms with E-state index in [-0.39, 0.29) is 9.36 Å². The number of hydrogen-bond acceptors (Lipinski definition) is 1. The van der Waals surface area contributed by atoms with E-state index in [9.17, 15) is 0 Å². The molecular formula is C16H31BrOSi. The highest BCUT2D eigenvalue weighted by atomic mass is 79.9. The van der Waals surface area contributed by atoms with Crippen LogP contribution in [0.2, 0.25) is 18.1 Å². The molecule has 0 spiro atoms. The maximum atomic E-state index is 6.06. The summed E-state index contributed by atoms with van der Waals surface area (Å²) in [5, 5.41) is 0.257. The van der Waals surface area contributed by atoms with E-state index in [1.165, 1.54) is 19.3 Å². The van der Waals surface area contributed by atoms with Crippen LogP contribution in [0, 0.1) is 11.8 Å². The Balaban J connectivity index is 4.24. The normalized spacial score (nSPS) is 15.6. The summed E-state index contributed by atoms with van der Waals surface area (Å²) in [5.74, 6) is 6.50. The number of rotatable bonds is 6. The van der Waals surface area contributed by atoms with E-state index in [1.807, 2.05) is 0 Å². The number of hydrogen-bond donors (Lipinski definition) is 0. The Kier molecular flexibility index (Phi) is 7.95. The molecule has 1 nitrogen and oxygen atoms in total. The van der Waals surface area contributed by atoms with Gasteiger partial charge in [-0.2, -0.15) is 0 Å². The van der Waals surface area contributed by atoms with Crippen molar-refractivity contribution >= 4 is 24.2 Å². The summed E-state index contributed by atoms with van der Waals surface area (Å²) in [6, 6.07) is 0. The summed E-state index contributed by atoms with van der Waals surface area (Å²) in [6.07, 6.45) is 4.87. The molecule has 0 rings (SSSR count). The van der Waals surface area contributed by atoms with Gasteiger partial charge in [0.05, 0.1) is 10.9 Å². The molecule has 0 aromatic rings. The highest BCUT2D eigenvalue weighted by Gasteiger charge is 2.36. The molecule has 0 N–H and O–H groups in total. The maximum Gasteiger partial charge on any atom is 0.193 e. The first-order chi connectivity index (χ1) is 8.52. The molecule has 3 heteroatoms. The van der Waals surface area contributed by atoms with Crippen LogP contribution in [0.1, 0.15) is 60.3 Å². The smallest absolute Gasteiger partial charge is 0.193 e. The molecule has 0 saturated heterocycles. The molecule has 0 fully saturated rings. The fraction of sp³-hybridized carbons (Fsp3) is 0.875. The van der Waals surface area contributed by atoms with Crippen molar-refractivity contribution in [1.82, 2.24) is 0 Å². The number of unbranched alkanes of at least 4 members (excludes halogenated alkanes) is 2. The molecule has 0 aliphatic rings. The minimum atomic E-state index is -1.65. The summed E-state index contributed by atoms with van der Waals surface area (Å²) >= 11 is 3.71. The van der Waals surface area contributed by atoms with Crippen molar-refractivity contribution in [2.24, 2.45) is 0 Å². The Hall–Kier alpha value is 0.217. The van der Waals surface area contributed by atoms with Gasteiger partial charge in [-0.05, 0) is 31.5 Å². The average molecular weight is 347 g/mol. The Morgan fingerprint density at radius 3 is 2.16 bits per heavy atom. The lowest BCUT2D eigenvalue weighted by atomic mass is 10.0. The van der Waals surface area contributed by atoms with Crippen molar-refractivity contribution in [1.29, 1.82) is 0 Å². The molecule has 112 valence electrons. The molecule has 1 unspecified atom stereocenters. The SMILES string of the molecule is CCCCCC(C)(Br)C#CCO[Si](C)(C)C(C)(C)C. The third kappa shape index (κ3) is 8.17. The van der Waals surface area contributed by atoms with Gasteiger partial charge in [0.15, 0.2) is 8.32 Å². The largest absolute Gasteiger partial charge is 0.406 e. The van der Waals surface area contributed by atoms with Crippen LogP contribution in [0.4, 0.5) is 0 Å². The average Bonchev–Trinajstić information content (AvgIpc) is 2.23. The predicted octanol–water partition coefficient (Wildman–Crippen LogP) is 5.75. The van der Waals surface area contributed by atoms with Crippen LogP contribution < -0.4 is 0 Å². The lowest BCUT2D eigenvalue weighted by Gasteiger charge is -2.35. The van der Waals surface area contributed by atoms with E-state index in [0.717, 1.165) is 6.42 Å². The van der Waals surface area contributed by atoms with Crippen LogP contribution >= 0.6 is 15.9 Å². The Morgan fingerprint density at radius 1 is 1.11 bits per heavy atom. The predicted molar refractivity (Wildman–Crippen MR) is 92.4 cm³/mol. The quantitative estimate of drug-likeness (QED) is 0.257. The van der Waals surface area contributed by atoms with Crippen LogP contribution in [0.25, 0.3) is 0 Å².